The van der Waals surface area contributed by atoms with Crippen molar-refractivity contribution in [2.24, 2.45) is 5.73 Å². The minimum atomic E-state index is -4.42. The van der Waals surface area contributed by atoms with Crippen LogP contribution in [-0.4, -0.2) is 49.3 Å². The van der Waals surface area contributed by atoms with Crippen LogP contribution in [0.5, 0.6) is 0 Å². The maximum Gasteiger partial charge on any atom is 0.472 e. The van der Waals surface area contributed by atoms with Crippen LogP contribution in [0.3, 0.4) is 0 Å². The summed E-state index contributed by atoms with van der Waals surface area (Å²) >= 11 is 0. The van der Waals surface area contributed by atoms with Crippen molar-refractivity contribution in [2.45, 2.75) is 380 Å². The van der Waals surface area contributed by atoms with Gasteiger partial charge in [0.1, 0.15) is 6.61 Å². The fourth-order valence-electron chi connectivity index (χ4n) is 11.7. The van der Waals surface area contributed by atoms with Gasteiger partial charge in [0.25, 0.3) is 0 Å². The molecule has 0 fully saturated rings. The zero-order valence-electron chi connectivity index (χ0n) is 65.3. The van der Waals surface area contributed by atoms with Gasteiger partial charge in [0.15, 0.2) is 6.10 Å². The second-order valence-corrected chi connectivity index (χ2v) is 29.1. The molecule has 10 heteroatoms. The number of allylic oxidation sites excluding steroid dienone is 26. The molecule has 3 N–H and O–H groups in total. The van der Waals surface area contributed by atoms with Crippen LogP contribution >= 0.6 is 7.82 Å². The summed E-state index contributed by atoms with van der Waals surface area (Å²) < 4.78 is 33.2. The number of hydrogen-bond donors (Lipinski definition) is 2. The van der Waals surface area contributed by atoms with Crippen LogP contribution in [0.25, 0.3) is 0 Å². The van der Waals surface area contributed by atoms with Crippen molar-refractivity contribution in [1.29, 1.82) is 0 Å². The third-order valence-corrected chi connectivity index (χ3v) is 18.9. The smallest absolute Gasteiger partial charge is 0.462 e. The molecule has 0 radical (unpaired) electrons. The van der Waals surface area contributed by atoms with Gasteiger partial charge in [0, 0.05) is 19.4 Å². The van der Waals surface area contributed by atoms with Crippen LogP contribution < -0.4 is 5.73 Å². The zero-order valence-corrected chi connectivity index (χ0v) is 66.2. The Hall–Kier alpha value is -4.37. The van der Waals surface area contributed by atoms with E-state index in [4.69, 9.17) is 24.3 Å². The molecule has 0 amide bonds. The van der Waals surface area contributed by atoms with Crippen molar-refractivity contribution in [3.8, 4) is 0 Å². The summed E-state index contributed by atoms with van der Waals surface area (Å²) in [7, 11) is -4.42. The van der Waals surface area contributed by atoms with Crippen LogP contribution in [0, 0.1) is 0 Å². The van der Waals surface area contributed by atoms with E-state index in [2.05, 4.69) is 172 Å². The molecule has 0 heterocycles. The van der Waals surface area contributed by atoms with E-state index in [1.807, 2.05) is 0 Å². The molecule has 578 valence electrons. The summed E-state index contributed by atoms with van der Waals surface area (Å²) in [6.45, 7) is 3.63. The van der Waals surface area contributed by atoms with Crippen LogP contribution in [0.4, 0.5) is 0 Å². The van der Waals surface area contributed by atoms with Crippen LogP contribution in [0.15, 0.2) is 158 Å². The van der Waals surface area contributed by atoms with Gasteiger partial charge in [-0.1, -0.05) is 390 Å². The zero-order chi connectivity index (χ0) is 72.9. The van der Waals surface area contributed by atoms with Gasteiger partial charge < -0.3 is 20.1 Å². The Kier molecular flexibility index (Phi) is 80.9. The molecule has 9 nitrogen and oxygen atoms in total. The molecule has 2 unspecified atom stereocenters. The first-order valence-corrected chi connectivity index (χ1v) is 43.5. The SMILES string of the molecule is CC/C=C\C/C=C\C/C=C\C/C=C\C/C=C\C/C=C\C/C=C\C/C=C\C/C=C\C/C=C\C/C=C\C/C=C\CCCCCCC(=O)OC(COC(=O)CCCCCCCCCCCCCCCCCCCCCCCCCCCCC/C=C\CCCCCCCCCC)COP(=O)(O)OCCN. The highest BCUT2D eigenvalue weighted by atomic mass is 31.2. The van der Waals surface area contributed by atoms with E-state index in [1.54, 1.807) is 0 Å². The molecular formula is C91H156NO8P. The summed E-state index contributed by atoms with van der Waals surface area (Å²) in [5, 5.41) is 0. The first-order valence-electron chi connectivity index (χ1n) is 42.0. The van der Waals surface area contributed by atoms with E-state index in [0.29, 0.717) is 6.42 Å². The number of carbonyl (C=O) groups is 2. The van der Waals surface area contributed by atoms with Gasteiger partial charge in [-0.25, -0.2) is 4.57 Å². The lowest BCUT2D eigenvalue weighted by Crippen LogP contribution is -2.29. The number of carbonyl (C=O) groups excluding carboxylic acids is 2. The first kappa shape index (κ1) is 96.6. The molecule has 0 aliphatic heterocycles. The fourth-order valence-corrected chi connectivity index (χ4v) is 12.5. The Morgan fingerprint density at radius 1 is 0.307 bits per heavy atom. The Morgan fingerprint density at radius 3 is 0.822 bits per heavy atom. The Morgan fingerprint density at radius 2 is 0.545 bits per heavy atom. The Labute approximate surface area is 623 Å². The van der Waals surface area contributed by atoms with Crippen LogP contribution in [-0.2, 0) is 32.7 Å². The lowest BCUT2D eigenvalue weighted by Gasteiger charge is -2.19. The summed E-state index contributed by atoms with van der Waals surface area (Å²) in [5.74, 6) is -0.853. The van der Waals surface area contributed by atoms with E-state index >= 15 is 0 Å². The Balaban J connectivity index is 3.89. The number of esters is 2. The number of ether oxygens (including phenoxy) is 2. The molecule has 0 aliphatic carbocycles. The molecule has 0 bridgehead atoms. The van der Waals surface area contributed by atoms with E-state index in [-0.39, 0.29) is 38.6 Å². The number of phosphoric ester groups is 1. The molecule has 0 saturated heterocycles. The quantitative estimate of drug-likeness (QED) is 0.0264. The van der Waals surface area contributed by atoms with Crippen LogP contribution in [0.1, 0.15) is 373 Å². The molecule has 0 aromatic rings. The summed E-state index contributed by atoms with van der Waals surface area (Å²) in [6.07, 6.45) is 124. The van der Waals surface area contributed by atoms with Gasteiger partial charge in [-0.3, -0.25) is 18.6 Å². The predicted molar refractivity (Wildman–Crippen MR) is 440 cm³/mol. The average Bonchev–Trinajstić information content (AvgIpc) is 1.04. The molecule has 0 spiro atoms. The average molecular weight is 1420 g/mol. The lowest BCUT2D eigenvalue weighted by atomic mass is 10.0. The summed E-state index contributed by atoms with van der Waals surface area (Å²) in [5.41, 5.74) is 5.41. The van der Waals surface area contributed by atoms with Gasteiger partial charge in [0.2, 0.25) is 0 Å². The normalized spacial score (nSPS) is 13.7. The van der Waals surface area contributed by atoms with Crippen molar-refractivity contribution in [1.82, 2.24) is 0 Å². The van der Waals surface area contributed by atoms with E-state index in [9.17, 15) is 19.0 Å². The van der Waals surface area contributed by atoms with E-state index in [0.717, 1.165) is 122 Å². The van der Waals surface area contributed by atoms with Gasteiger partial charge >= 0.3 is 19.8 Å². The standard InChI is InChI=1S/C91H156NO8P/c1-3-5-7-9-11-13-15-17-19-21-23-25-27-29-31-33-35-37-39-41-43-44-46-48-50-52-54-56-58-60-62-64-66-68-70-72-74-76-78-80-82-84-91(94)100-89(88-99-101(95,96)98-86-85-92)87-97-90(93)83-81-79-77-75-73-71-69-67-65-63-61-59-57-55-53-51-49-47-45-42-40-38-36-34-32-30-28-26-24-22-20-18-16-14-12-10-8-6-4-2/h5,7,11,13,17,19,22-25,29,31,35,37,41,43,46,48,52,54,58,60,64,66,70,72,89H,3-4,6,8-10,12,14-16,18,20-21,26-28,30,32-34,36,38-40,42,44-45,47,49-51,53,55-57,59,61-63,65,67-69,71,73-88,92H2,1-2H3,(H,95,96)/b7-5-,13-11-,19-17-,24-22-,25-23-,31-29-,37-35-,43-41-,48-46-,54-52-,60-58-,66-64-,72-70-. The molecule has 0 saturated carbocycles. The van der Waals surface area contributed by atoms with Gasteiger partial charge in [-0.2, -0.15) is 0 Å². The Bertz CT molecular complexity index is 2230. The monoisotopic (exact) mass is 1420 g/mol. The van der Waals surface area contributed by atoms with Crippen molar-refractivity contribution in [3.05, 3.63) is 158 Å². The van der Waals surface area contributed by atoms with Gasteiger partial charge in [0.05, 0.1) is 13.2 Å². The molecule has 0 rings (SSSR count). The highest BCUT2D eigenvalue weighted by Gasteiger charge is 2.26. The molecule has 2 atom stereocenters. The summed E-state index contributed by atoms with van der Waals surface area (Å²) in [6, 6.07) is 0. The number of rotatable bonds is 78. The number of nitrogens with two attached hydrogens (primary N) is 1. The largest absolute Gasteiger partial charge is 0.472 e. The van der Waals surface area contributed by atoms with Crippen molar-refractivity contribution >= 4 is 19.8 Å². The molecule has 0 aromatic heterocycles. The molecular weight excluding hydrogens is 1270 g/mol. The molecule has 0 aliphatic rings. The van der Waals surface area contributed by atoms with E-state index < -0.39 is 26.5 Å². The van der Waals surface area contributed by atoms with Gasteiger partial charge in [-0.15, -0.1) is 0 Å². The lowest BCUT2D eigenvalue weighted by molar-refractivity contribution is -0.161. The maximum atomic E-state index is 12.8. The van der Waals surface area contributed by atoms with Crippen molar-refractivity contribution in [2.75, 3.05) is 26.4 Å². The second kappa shape index (κ2) is 84.6. The number of hydrogen-bond acceptors (Lipinski definition) is 8. The molecule has 0 aromatic carbocycles. The summed E-state index contributed by atoms with van der Waals surface area (Å²) in [4.78, 5) is 35.5. The number of phosphoric acid groups is 1. The van der Waals surface area contributed by atoms with Crippen LogP contribution in [0.2, 0.25) is 0 Å². The van der Waals surface area contributed by atoms with E-state index in [1.165, 1.54) is 218 Å². The van der Waals surface area contributed by atoms with Crippen molar-refractivity contribution in [3.63, 3.8) is 0 Å². The highest BCUT2D eigenvalue weighted by molar-refractivity contribution is 7.47. The first-order chi connectivity index (χ1) is 49.8. The third-order valence-electron chi connectivity index (χ3n) is 17.9. The minimum absolute atomic E-state index is 0.0428. The highest BCUT2D eigenvalue weighted by Crippen LogP contribution is 2.43. The minimum Gasteiger partial charge on any atom is -0.462 e. The second-order valence-electron chi connectivity index (χ2n) is 27.6. The number of unbranched alkanes of at least 4 members (excludes halogenated alkanes) is 39. The fraction of sp³-hybridized carbons (Fsp3) is 0.692. The topological polar surface area (TPSA) is 134 Å². The predicted octanol–water partition coefficient (Wildman–Crippen LogP) is 28.6. The third kappa shape index (κ3) is 84.5. The maximum absolute atomic E-state index is 12.8. The van der Waals surface area contributed by atoms with Crippen molar-refractivity contribution < 1.29 is 37.6 Å². The molecule has 101 heavy (non-hydrogen) atoms. The van der Waals surface area contributed by atoms with Gasteiger partial charge in [-0.05, 0) is 128 Å².